The van der Waals surface area contributed by atoms with Crippen LogP contribution < -0.4 is 15.4 Å². The summed E-state index contributed by atoms with van der Waals surface area (Å²) in [6.07, 6.45) is 3.18. The van der Waals surface area contributed by atoms with Crippen LogP contribution in [0.15, 0.2) is 90.1 Å². The Morgan fingerprint density at radius 3 is 2.53 bits per heavy atom. The van der Waals surface area contributed by atoms with Gasteiger partial charge in [-0.25, -0.2) is 8.42 Å². The molecule has 0 aliphatic rings. The van der Waals surface area contributed by atoms with Crippen LogP contribution in [0, 0.1) is 5.41 Å². The number of aromatic nitrogens is 2. The number of para-hydroxylation sites is 1. The van der Waals surface area contributed by atoms with E-state index in [-0.39, 0.29) is 41.0 Å². The van der Waals surface area contributed by atoms with Gasteiger partial charge in [-0.1, -0.05) is 42.5 Å². The first-order valence-electron chi connectivity index (χ1n) is 13.4. The third-order valence-electron chi connectivity index (χ3n) is 6.97. The highest BCUT2D eigenvalue weighted by molar-refractivity contribution is 7.93. The number of hydrogen-bond acceptors (Lipinski definition) is 7. The molecule has 3 aromatic carbocycles. The van der Waals surface area contributed by atoms with E-state index < -0.39 is 22.5 Å². The highest BCUT2D eigenvalue weighted by Gasteiger charge is 2.30. The summed E-state index contributed by atoms with van der Waals surface area (Å²) < 4.78 is 36.2. The number of anilines is 1. The Bertz CT molecular complexity index is 1960. The molecule has 2 aromatic heterocycles. The quantitative estimate of drug-likeness (QED) is 0.125. The number of nitrogens with two attached hydrogens (primary N) is 1. The number of aryl methyl sites for hydroxylation is 1. The van der Waals surface area contributed by atoms with E-state index in [0.717, 1.165) is 9.87 Å². The molecule has 43 heavy (non-hydrogen) atoms. The Morgan fingerprint density at radius 2 is 1.81 bits per heavy atom. The molecule has 11 nitrogen and oxygen atoms in total. The van der Waals surface area contributed by atoms with Crippen molar-refractivity contribution in [3.05, 3.63) is 102 Å². The van der Waals surface area contributed by atoms with Crippen molar-refractivity contribution in [1.29, 1.82) is 5.41 Å². The summed E-state index contributed by atoms with van der Waals surface area (Å²) in [5.74, 6) is -1.13. The predicted molar refractivity (Wildman–Crippen MR) is 164 cm³/mol. The molecule has 0 saturated heterocycles. The van der Waals surface area contributed by atoms with Crippen molar-refractivity contribution in [3.8, 4) is 0 Å². The second-order valence-electron chi connectivity index (χ2n) is 9.80. The summed E-state index contributed by atoms with van der Waals surface area (Å²) in [7, 11) is -2.52. The van der Waals surface area contributed by atoms with E-state index in [9.17, 15) is 18.0 Å². The van der Waals surface area contributed by atoms with Gasteiger partial charge in [0.1, 0.15) is 17.3 Å². The molecule has 4 N–H and O–H groups in total. The number of amidine groups is 1. The van der Waals surface area contributed by atoms with E-state index in [1.165, 1.54) is 12.3 Å². The van der Waals surface area contributed by atoms with Crippen molar-refractivity contribution in [2.24, 2.45) is 12.8 Å². The minimum Gasteiger partial charge on any atom is -0.465 e. The zero-order valence-corrected chi connectivity index (χ0v) is 24.4. The van der Waals surface area contributed by atoms with Crippen LogP contribution in [0.5, 0.6) is 0 Å². The number of nitrogen functional groups attached to an aromatic ring is 1. The number of nitrogens with one attached hydrogen (secondary N) is 2. The number of ether oxygens (including phenoxy) is 1. The molecule has 0 atom stereocenters. The molecule has 220 valence electrons. The number of fused-ring (bicyclic) bond motifs is 2. The molecule has 0 aliphatic carbocycles. The fourth-order valence-electron chi connectivity index (χ4n) is 4.84. The van der Waals surface area contributed by atoms with Gasteiger partial charge in [0.25, 0.3) is 15.9 Å². The highest BCUT2D eigenvalue weighted by Crippen LogP contribution is 2.32. The number of sulfonamides is 1. The third-order valence-corrected chi connectivity index (χ3v) is 8.77. The van der Waals surface area contributed by atoms with Gasteiger partial charge in [-0.05, 0) is 42.8 Å². The minimum absolute atomic E-state index is 0.0436. The lowest BCUT2D eigenvalue weighted by Gasteiger charge is -2.24. The topological polar surface area (TPSA) is 160 Å². The van der Waals surface area contributed by atoms with Gasteiger partial charge >= 0.3 is 5.97 Å². The van der Waals surface area contributed by atoms with Gasteiger partial charge in [0, 0.05) is 47.8 Å². The normalized spacial score (nSPS) is 11.4. The molecule has 0 fully saturated rings. The standard InChI is InChI=1S/C31H30N6O5S/c1-3-42-28(38)19-37(43(40,41)27-8-4-6-21-7-5-15-34-29(21)27)23-13-14-26-24(16-23)25(18-36(26)2)31(39)35-17-20-9-11-22(12-10-20)30(32)33/h4-16,18H,3,17,19H2,1-2H3,(H3,32,33)(H,35,39). The lowest BCUT2D eigenvalue weighted by molar-refractivity contribution is -0.141. The molecule has 0 saturated carbocycles. The number of nitrogens with zero attached hydrogens (tertiary/aromatic N) is 3. The van der Waals surface area contributed by atoms with Crippen LogP contribution >= 0.6 is 0 Å². The molecule has 2 heterocycles. The van der Waals surface area contributed by atoms with E-state index in [1.54, 1.807) is 91.5 Å². The van der Waals surface area contributed by atoms with Gasteiger partial charge in [0.2, 0.25) is 0 Å². The summed E-state index contributed by atoms with van der Waals surface area (Å²) in [6, 6.07) is 20.2. The van der Waals surface area contributed by atoms with E-state index in [4.69, 9.17) is 15.9 Å². The van der Waals surface area contributed by atoms with Gasteiger partial charge in [-0.15, -0.1) is 0 Å². The second kappa shape index (κ2) is 11.9. The summed E-state index contributed by atoms with van der Waals surface area (Å²) in [5.41, 5.74) is 8.40. The van der Waals surface area contributed by atoms with Crippen molar-refractivity contribution in [2.45, 2.75) is 18.4 Å². The Labute approximate surface area is 248 Å². The molecule has 0 radical (unpaired) electrons. The average molecular weight is 599 g/mol. The maximum atomic E-state index is 14.1. The summed E-state index contributed by atoms with van der Waals surface area (Å²) in [5, 5.41) is 11.6. The SMILES string of the molecule is CCOC(=O)CN(c1ccc2c(c1)c(C(=O)NCc1ccc(C(=N)N)cc1)cn2C)S(=O)(=O)c1cccc2cccnc12. The van der Waals surface area contributed by atoms with Gasteiger partial charge in [0.05, 0.1) is 23.4 Å². The van der Waals surface area contributed by atoms with E-state index in [2.05, 4.69) is 10.3 Å². The Balaban J connectivity index is 1.53. The molecular weight excluding hydrogens is 568 g/mol. The molecule has 5 aromatic rings. The van der Waals surface area contributed by atoms with Crippen LogP contribution in [-0.4, -0.2) is 48.8 Å². The van der Waals surface area contributed by atoms with E-state index >= 15 is 0 Å². The molecule has 0 aliphatic heterocycles. The number of esters is 1. The zero-order valence-electron chi connectivity index (χ0n) is 23.6. The largest absolute Gasteiger partial charge is 0.465 e. The molecule has 0 unspecified atom stereocenters. The van der Waals surface area contributed by atoms with Crippen LogP contribution in [0.3, 0.4) is 0 Å². The molecule has 1 amide bonds. The first-order chi connectivity index (χ1) is 20.6. The summed E-state index contributed by atoms with van der Waals surface area (Å²) in [4.78, 5) is 30.2. The molecule has 0 spiro atoms. The molecule has 12 heteroatoms. The third kappa shape index (κ3) is 5.90. The van der Waals surface area contributed by atoms with Crippen LogP contribution in [0.1, 0.15) is 28.4 Å². The monoisotopic (exact) mass is 598 g/mol. The highest BCUT2D eigenvalue weighted by atomic mass is 32.2. The van der Waals surface area contributed by atoms with Crippen molar-refractivity contribution in [1.82, 2.24) is 14.9 Å². The minimum atomic E-state index is -4.31. The van der Waals surface area contributed by atoms with Gasteiger partial charge in [-0.2, -0.15) is 0 Å². The fourth-order valence-corrected chi connectivity index (χ4v) is 6.41. The number of carbonyl (C=O) groups excluding carboxylic acids is 2. The lowest BCUT2D eigenvalue weighted by atomic mass is 10.1. The second-order valence-corrected chi connectivity index (χ2v) is 11.6. The smallest absolute Gasteiger partial charge is 0.326 e. The van der Waals surface area contributed by atoms with Crippen LogP contribution in [0.25, 0.3) is 21.8 Å². The molecule has 5 rings (SSSR count). The zero-order chi connectivity index (χ0) is 30.7. The summed E-state index contributed by atoms with van der Waals surface area (Å²) >= 11 is 0. The van der Waals surface area contributed by atoms with Crippen molar-refractivity contribution >= 4 is 55.2 Å². The van der Waals surface area contributed by atoms with Crippen LogP contribution in [-0.2, 0) is 33.1 Å². The number of hydrogen-bond donors (Lipinski definition) is 3. The van der Waals surface area contributed by atoms with Gasteiger partial charge < -0.3 is 20.4 Å². The van der Waals surface area contributed by atoms with Gasteiger partial charge in [-0.3, -0.25) is 24.3 Å². The van der Waals surface area contributed by atoms with Crippen LogP contribution in [0.4, 0.5) is 5.69 Å². The molecule has 0 bridgehead atoms. The number of rotatable bonds is 10. The maximum absolute atomic E-state index is 14.1. The fraction of sp³-hybridized carbons (Fsp3) is 0.161. The first kappa shape index (κ1) is 29.3. The number of amides is 1. The Hall–Kier alpha value is -5.23. The van der Waals surface area contributed by atoms with Crippen molar-refractivity contribution in [3.63, 3.8) is 0 Å². The van der Waals surface area contributed by atoms with Crippen molar-refractivity contribution in [2.75, 3.05) is 17.5 Å². The molecular formula is C31H30N6O5S. The average Bonchev–Trinajstić information content (AvgIpc) is 3.34. The van der Waals surface area contributed by atoms with E-state index in [0.29, 0.717) is 27.4 Å². The van der Waals surface area contributed by atoms with E-state index in [1.807, 2.05) is 0 Å². The Kier molecular flexibility index (Phi) is 8.13. The van der Waals surface area contributed by atoms with Crippen molar-refractivity contribution < 1.29 is 22.7 Å². The maximum Gasteiger partial charge on any atom is 0.326 e. The Morgan fingerprint density at radius 1 is 1.07 bits per heavy atom. The lowest BCUT2D eigenvalue weighted by Crippen LogP contribution is -2.36. The van der Waals surface area contributed by atoms with Gasteiger partial charge in [0.15, 0.2) is 0 Å². The number of pyridine rings is 1. The number of benzene rings is 3. The predicted octanol–water partition coefficient (Wildman–Crippen LogP) is 3.70. The first-order valence-corrected chi connectivity index (χ1v) is 14.9. The van der Waals surface area contributed by atoms with Crippen LogP contribution in [0.2, 0.25) is 0 Å². The number of carbonyl (C=O) groups is 2. The summed E-state index contributed by atoms with van der Waals surface area (Å²) in [6.45, 7) is 1.38.